The molecule has 0 unspecified atom stereocenters. The van der Waals surface area contributed by atoms with Crippen molar-refractivity contribution in [2.24, 2.45) is 0 Å². The molecule has 112 valence electrons. The van der Waals surface area contributed by atoms with Crippen LogP contribution in [0.5, 0.6) is 0 Å². The third-order valence-corrected chi connectivity index (χ3v) is 4.32. The molecule has 0 aliphatic rings. The van der Waals surface area contributed by atoms with E-state index in [9.17, 15) is 18.5 Å². The Morgan fingerprint density at radius 1 is 1.43 bits per heavy atom. The number of benzene rings is 1. The smallest absolute Gasteiger partial charge is 0.263 e. The number of hydrogen-bond donors (Lipinski definition) is 2. The molecule has 0 saturated carbocycles. The Morgan fingerprint density at radius 2 is 2.19 bits per heavy atom. The molecule has 2 N–H and O–H groups in total. The zero-order chi connectivity index (χ0) is 15.5. The Labute approximate surface area is 124 Å². The van der Waals surface area contributed by atoms with Gasteiger partial charge in [0.1, 0.15) is 17.2 Å². The number of halogens is 1. The highest BCUT2D eigenvalue weighted by Crippen LogP contribution is 2.26. The fraction of sp³-hybridized carbons (Fsp3) is 0.200. The number of nitrogens with one attached hydrogen (secondary N) is 2. The summed E-state index contributed by atoms with van der Waals surface area (Å²) in [7, 11) is -3.86. The van der Waals surface area contributed by atoms with Crippen LogP contribution in [-0.2, 0) is 16.4 Å². The highest BCUT2D eigenvalue weighted by atomic mass is 35.5. The number of nitrogens with zero attached hydrogens (tertiary/aromatic N) is 3. The summed E-state index contributed by atoms with van der Waals surface area (Å²) in [5, 5.41) is 16.9. The molecule has 2 rings (SSSR count). The molecular weight excluding hydrogens is 322 g/mol. The van der Waals surface area contributed by atoms with Gasteiger partial charge in [0, 0.05) is 19.0 Å². The molecule has 9 nitrogen and oxygen atoms in total. The van der Waals surface area contributed by atoms with Crippen LogP contribution in [-0.4, -0.2) is 35.1 Å². The lowest BCUT2D eigenvalue weighted by Gasteiger charge is -2.06. The first-order chi connectivity index (χ1) is 9.90. The van der Waals surface area contributed by atoms with E-state index in [4.69, 9.17) is 11.6 Å². The van der Waals surface area contributed by atoms with Crippen LogP contribution in [0.1, 0.15) is 5.82 Å². The van der Waals surface area contributed by atoms with Crippen molar-refractivity contribution >= 4 is 27.3 Å². The van der Waals surface area contributed by atoms with Crippen LogP contribution in [0.15, 0.2) is 29.4 Å². The van der Waals surface area contributed by atoms with Gasteiger partial charge in [0.15, 0.2) is 0 Å². The first kappa shape index (κ1) is 15.4. The summed E-state index contributed by atoms with van der Waals surface area (Å²) in [6.07, 6.45) is 1.63. The predicted molar refractivity (Wildman–Crippen MR) is 73.4 cm³/mol. The van der Waals surface area contributed by atoms with E-state index < -0.39 is 20.6 Å². The highest BCUT2D eigenvalue weighted by molar-refractivity contribution is 7.89. The fourth-order valence-electron chi connectivity index (χ4n) is 1.54. The Hall–Kier alpha value is -2.04. The third-order valence-electron chi connectivity index (χ3n) is 2.54. The Balaban J connectivity index is 2.12. The molecule has 0 aliphatic heterocycles. The summed E-state index contributed by atoms with van der Waals surface area (Å²) >= 11 is 5.64. The molecule has 0 bridgehead atoms. The van der Waals surface area contributed by atoms with E-state index >= 15 is 0 Å². The van der Waals surface area contributed by atoms with Crippen LogP contribution < -0.4 is 4.72 Å². The molecule has 0 radical (unpaired) electrons. The molecule has 0 atom stereocenters. The van der Waals surface area contributed by atoms with Gasteiger partial charge < -0.3 is 0 Å². The lowest BCUT2D eigenvalue weighted by molar-refractivity contribution is -0.384. The van der Waals surface area contributed by atoms with E-state index in [1.165, 1.54) is 18.5 Å². The standard InChI is InChI=1S/C10H10ClN5O4S/c11-8-2-1-7(5-9(8)16(17)18)21(19,20)14-4-3-10-12-6-13-15-10/h1-2,5-6,14H,3-4H2,(H,12,13,15). The van der Waals surface area contributed by atoms with Crippen molar-refractivity contribution in [2.45, 2.75) is 11.3 Å². The summed E-state index contributed by atoms with van der Waals surface area (Å²) in [6, 6.07) is 3.29. The van der Waals surface area contributed by atoms with Crippen LogP contribution in [0.25, 0.3) is 0 Å². The maximum Gasteiger partial charge on any atom is 0.289 e. The average molecular weight is 332 g/mol. The van der Waals surface area contributed by atoms with Crippen LogP contribution in [0, 0.1) is 10.1 Å². The summed E-state index contributed by atoms with van der Waals surface area (Å²) in [5.74, 6) is 0.528. The number of nitro benzene ring substituents is 1. The van der Waals surface area contributed by atoms with Crippen molar-refractivity contribution in [1.29, 1.82) is 0 Å². The van der Waals surface area contributed by atoms with Gasteiger partial charge in [0.25, 0.3) is 5.69 Å². The van der Waals surface area contributed by atoms with E-state index in [0.717, 1.165) is 6.07 Å². The van der Waals surface area contributed by atoms with Crippen molar-refractivity contribution in [3.05, 3.63) is 45.5 Å². The minimum atomic E-state index is -3.86. The molecule has 21 heavy (non-hydrogen) atoms. The topological polar surface area (TPSA) is 131 Å². The molecule has 0 saturated heterocycles. The van der Waals surface area contributed by atoms with E-state index in [1.807, 2.05) is 0 Å². The maximum absolute atomic E-state index is 12.0. The molecule has 0 aliphatic carbocycles. The summed E-state index contributed by atoms with van der Waals surface area (Å²) in [5.41, 5.74) is -0.463. The van der Waals surface area contributed by atoms with Gasteiger partial charge >= 0.3 is 0 Å². The first-order valence-electron chi connectivity index (χ1n) is 5.68. The quantitative estimate of drug-likeness (QED) is 0.597. The van der Waals surface area contributed by atoms with Crippen molar-refractivity contribution in [3.8, 4) is 0 Å². The number of nitro groups is 1. The van der Waals surface area contributed by atoms with Gasteiger partial charge in [-0.3, -0.25) is 15.2 Å². The zero-order valence-corrected chi connectivity index (χ0v) is 12.1. The second-order valence-corrected chi connectivity index (χ2v) is 6.12. The lowest BCUT2D eigenvalue weighted by atomic mass is 10.3. The Bertz CT molecular complexity index is 747. The minimum Gasteiger partial charge on any atom is -0.263 e. The van der Waals surface area contributed by atoms with E-state index in [1.54, 1.807) is 0 Å². The third kappa shape index (κ3) is 3.74. The second-order valence-electron chi connectivity index (χ2n) is 3.95. The molecule has 0 spiro atoms. The van der Waals surface area contributed by atoms with Crippen LogP contribution in [0.2, 0.25) is 5.02 Å². The molecule has 0 amide bonds. The number of hydrogen-bond acceptors (Lipinski definition) is 6. The number of rotatable bonds is 6. The summed E-state index contributed by atoms with van der Waals surface area (Å²) < 4.78 is 26.4. The van der Waals surface area contributed by atoms with Crippen LogP contribution in [0.4, 0.5) is 5.69 Å². The van der Waals surface area contributed by atoms with Gasteiger partial charge in [0.05, 0.1) is 9.82 Å². The fourth-order valence-corrected chi connectivity index (χ4v) is 2.78. The maximum atomic E-state index is 12.0. The number of aromatic nitrogens is 3. The van der Waals surface area contributed by atoms with Gasteiger partial charge in [-0.1, -0.05) is 11.6 Å². The lowest BCUT2D eigenvalue weighted by Crippen LogP contribution is -2.26. The van der Waals surface area contributed by atoms with E-state index in [2.05, 4.69) is 19.9 Å². The Kier molecular flexibility index (Phi) is 4.50. The largest absolute Gasteiger partial charge is 0.289 e. The normalized spacial score (nSPS) is 11.5. The van der Waals surface area contributed by atoms with Gasteiger partial charge in [-0.05, 0) is 12.1 Å². The first-order valence-corrected chi connectivity index (χ1v) is 7.54. The highest BCUT2D eigenvalue weighted by Gasteiger charge is 2.20. The van der Waals surface area contributed by atoms with Gasteiger partial charge in [-0.15, -0.1) is 0 Å². The monoisotopic (exact) mass is 331 g/mol. The summed E-state index contributed by atoms with van der Waals surface area (Å²) in [6.45, 7) is 0.0773. The Morgan fingerprint density at radius 3 is 2.81 bits per heavy atom. The van der Waals surface area contributed by atoms with Crippen molar-refractivity contribution < 1.29 is 13.3 Å². The number of aromatic amines is 1. The molecule has 0 fully saturated rings. The number of sulfonamides is 1. The van der Waals surface area contributed by atoms with E-state index in [-0.39, 0.29) is 16.5 Å². The molecular formula is C10H10ClN5O4S. The number of H-pyrrole nitrogens is 1. The van der Waals surface area contributed by atoms with E-state index in [0.29, 0.717) is 12.2 Å². The molecule has 1 aromatic heterocycles. The van der Waals surface area contributed by atoms with Gasteiger partial charge in [0.2, 0.25) is 10.0 Å². The molecule has 11 heteroatoms. The van der Waals surface area contributed by atoms with Gasteiger partial charge in [-0.25, -0.2) is 18.1 Å². The minimum absolute atomic E-state index is 0.0773. The molecule has 1 aromatic carbocycles. The van der Waals surface area contributed by atoms with Crippen molar-refractivity contribution in [2.75, 3.05) is 6.54 Å². The average Bonchev–Trinajstić information content (AvgIpc) is 2.91. The molecule has 1 heterocycles. The van der Waals surface area contributed by atoms with Crippen molar-refractivity contribution in [3.63, 3.8) is 0 Å². The SMILES string of the molecule is O=[N+]([O-])c1cc(S(=O)(=O)NCCc2ncn[nH]2)ccc1Cl. The predicted octanol–water partition coefficient (Wildman–Crippen LogP) is 0.887. The van der Waals surface area contributed by atoms with Gasteiger partial charge in [-0.2, -0.15) is 5.10 Å². The zero-order valence-electron chi connectivity index (χ0n) is 10.5. The summed E-state index contributed by atoms with van der Waals surface area (Å²) in [4.78, 5) is 13.6. The van der Waals surface area contributed by atoms with Crippen molar-refractivity contribution in [1.82, 2.24) is 19.9 Å². The molecule has 2 aromatic rings. The van der Waals surface area contributed by atoms with Crippen LogP contribution in [0.3, 0.4) is 0 Å². The second kappa shape index (κ2) is 6.16. The van der Waals surface area contributed by atoms with Crippen LogP contribution >= 0.6 is 11.6 Å².